The smallest absolute Gasteiger partial charge is 0.358 e. The fourth-order valence-corrected chi connectivity index (χ4v) is 4.31. The fourth-order valence-electron chi connectivity index (χ4n) is 4.31. The number of nitrogens with one attached hydrogen (secondary N) is 1. The van der Waals surface area contributed by atoms with Crippen molar-refractivity contribution in [1.82, 2.24) is 9.78 Å². The minimum Gasteiger partial charge on any atom is -0.461 e. The zero-order valence-corrected chi connectivity index (χ0v) is 14.9. The van der Waals surface area contributed by atoms with E-state index in [-0.39, 0.29) is 17.5 Å². The normalized spacial score (nSPS) is 23.8. The molecule has 3 atom stereocenters. The van der Waals surface area contributed by atoms with Gasteiger partial charge in [-0.05, 0) is 62.3 Å². The van der Waals surface area contributed by atoms with Gasteiger partial charge in [0.05, 0.1) is 12.3 Å². The molecule has 0 spiro atoms. The van der Waals surface area contributed by atoms with Gasteiger partial charge in [-0.3, -0.25) is 4.79 Å². The van der Waals surface area contributed by atoms with Gasteiger partial charge in [0.2, 0.25) is 5.91 Å². The Morgan fingerprint density at radius 2 is 2.15 bits per heavy atom. The van der Waals surface area contributed by atoms with Gasteiger partial charge >= 0.3 is 5.97 Å². The number of rotatable bonds is 5. The number of ether oxygens (including phenoxy) is 1. The van der Waals surface area contributed by atoms with Gasteiger partial charge in [-0.2, -0.15) is 5.10 Å². The number of esters is 1. The Hall–Kier alpha value is -2.63. The van der Waals surface area contributed by atoms with Crippen molar-refractivity contribution in [2.45, 2.75) is 32.6 Å². The lowest BCUT2D eigenvalue weighted by Gasteiger charge is -2.20. The summed E-state index contributed by atoms with van der Waals surface area (Å²) in [6.45, 7) is 2.08. The summed E-state index contributed by atoms with van der Waals surface area (Å²) < 4.78 is 6.57. The first kappa shape index (κ1) is 16.8. The predicted molar refractivity (Wildman–Crippen MR) is 97.1 cm³/mol. The molecule has 4 rings (SSSR count). The second-order valence-electron chi connectivity index (χ2n) is 7.19. The number of carbonyl (C=O) groups excluding carboxylic acids is 2. The van der Waals surface area contributed by atoms with Gasteiger partial charge in [-0.15, -0.1) is 0 Å². The second kappa shape index (κ2) is 6.94. The van der Waals surface area contributed by atoms with Crippen LogP contribution in [0.1, 0.15) is 43.1 Å². The summed E-state index contributed by atoms with van der Waals surface area (Å²) in [6, 6.07) is 9.13. The highest BCUT2D eigenvalue weighted by molar-refractivity contribution is 5.93. The van der Waals surface area contributed by atoms with Crippen LogP contribution in [0.5, 0.6) is 0 Å². The lowest BCUT2D eigenvalue weighted by atomic mass is 9.88. The van der Waals surface area contributed by atoms with E-state index < -0.39 is 5.97 Å². The van der Waals surface area contributed by atoms with Crippen molar-refractivity contribution in [3.8, 4) is 5.69 Å². The van der Waals surface area contributed by atoms with Crippen molar-refractivity contribution >= 4 is 17.6 Å². The molecule has 1 amide bonds. The summed E-state index contributed by atoms with van der Waals surface area (Å²) in [4.78, 5) is 24.4. The van der Waals surface area contributed by atoms with E-state index in [9.17, 15) is 9.59 Å². The van der Waals surface area contributed by atoms with Gasteiger partial charge in [-0.25, -0.2) is 9.48 Å². The summed E-state index contributed by atoms with van der Waals surface area (Å²) >= 11 is 0. The topological polar surface area (TPSA) is 73.2 Å². The third-order valence-electron chi connectivity index (χ3n) is 5.53. The Balaban J connectivity index is 1.47. The molecule has 2 bridgehead atoms. The molecule has 2 fully saturated rings. The Morgan fingerprint density at radius 3 is 2.88 bits per heavy atom. The van der Waals surface area contributed by atoms with Crippen molar-refractivity contribution in [1.29, 1.82) is 0 Å². The van der Waals surface area contributed by atoms with E-state index >= 15 is 0 Å². The largest absolute Gasteiger partial charge is 0.461 e. The number of fused-ring (bicyclic) bond motifs is 2. The summed E-state index contributed by atoms with van der Waals surface area (Å²) in [5, 5.41) is 7.31. The Kier molecular flexibility index (Phi) is 4.49. The van der Waals surface area contributed by atoms with Crippen LogP contribution in [0.4, 0.5) is 5.69 Å². The maximum absolute atomic E-state index is 12.6. The van der Waals surface area contributed by atoms with Crippen LogP contribution in [0.3, 0.4) is 0 Å². The molecule has 1 heterocycles. The summed E-state index contributed by atoms with van der Waals surface area (Å²) in [6.07, 6.45) is 6.42. The van der Waals surface area contributed by atoms with Gasteiger partial charge in [0.15, 0.2) is 5.69 Å². The van der Waals surface area contributed by atoms with E-state index in [2.05, 4.69) is 10.4 Å². The first-order valence-electron chi connectivity index (χ1n) is 9.28. The van der Waals surface area contributed by atoms with E-state index in [0.29, 0.717) is 12.5 Å². The molecule has 1 N–H and O–H groups in total. The highest BCUT2D eigenvalue weighted by atomic mass is 16.5. The minimum absolute atomic E-state index is 0.127. The van der Waals surface area contributed by atoms with E-state index in [4.69, 9.17) is 4.74 Å². The predicted octanol–water partition coefficient (Wildman–Crippen LogP) is 3.42. The van der Waals surface area contributed by atoms with Crippen molar-refractivity contribution in [3.63, 3.8) is 0 Å². The van der Waals surface area contributed by atoms with Gasteiger partial charge in [0.25, 0.3) is 0 Å². The van der Waals surface area contributed by atoms with Crippen LogP contribution in [-0.4, -0.2) is 28.3 Å². The molecule has 0 radical (unpaired) electrons. The van der Waals surface area contributed by atoms with Crippen molar-refractivity contribution in [3.05, 3.63) is 42.2 Å². The first-order chi connectivity index (χ1) is 12.6. The third-order valence-corrected chi connectivity index (χ3v) is 5.53. The number of benzene rings is 1. The zero-order valence-electron chi connectivity index (χ0n) is 14.9. The summed E-state index contributed by atoms with van der Waals surface area (Å²) in [5.41, 5.74) is 1.80. The number of aromatic nitrogens is 2. The summed E-state index contributed by atoms with van der Waals surface area (Å²) in [7, 11) is 0. The molecular weight excluding hydrogens is 330 g/mol. The van der Waals surface area contributed by atoms with Crippen LogP contribution in [0.25, 0.3) is 5.69 Å². The Morgan fingerprint density at radius 1 is 1.27 bits per heavy atom. The molecule has 0 saturated heterocycles. The molecule has 3 unspecified atom stereocenters. The van der Waals surface area contributed by atoms with Crippen LogP contribution >= 0.6 is 0 Å². The molecule has 2 saturated carbocycles. The molecule has 2 aliphatic carbocycles. The molecule has 6 nitrogen and oxygen atoms in total. The van der Waals surface area contributed by atoms with Crippen LogP contribution in [-0.2, 0) is 9.53 Å². The second-order valence-corrected chi connectivity index (χ2v) is 7.19. The quantitative estimate of drug-likeness (QED) is 0.836. The van der Waals surface area contributed by atoms with Crippen LogP contribution < -0.4 is 5.32 Å². The van der Waals surface area contributed by atoms with E-state index in [1.54, 1.807) is 23.9 Å². The molecule has 136 valence electrons. The van der Waals surface area contributed by atoms with Gasteiger partial charge in [-0.1, -0.05) is 12.5 Å². The third kappa shape index (κ3) is 3.23. The van der Waals surface area contributed by atoms with Gasteiger partial charge in [0, 0.05) is 17.8 Å². The average molecular weight is 353 g/mol. The fraction of sp³-hybridized carbons (Fsp3) is 0.450. The standard InChI is InChI=1S/C20H23N3O3/c1-2-26-20(25)18-8-9-23(22-18)16-5-3-4-15(12-16)21-19(24)17-11-13-6-7-14(17)10-13/h3-5,8-9,12-14,17H,2,6-7,10-11H2,1H3,(H,21,24). The number of amides is 1. The minimum atomic E-state index is -0.438. The monoisotopic (exact) mass is 353 g/mol. The Labute approximate surface area is 152 Å². The number of anilines is 1. The van der Waals surface area contributed by atoms with Crippen molar-refractivity contribution < 1.29 is 14.3 Å². The first-order valence-corrected chi connectivity index (χ1v) is 9.28. The number of nitrogens with zero attached hydrogens (tertiary/aromatic N) is 2. The molecule has 26 heavy (non-hydrogen) atoms. The SMILES string of the molecule is CCOC(=O)c1ccn(-c2cccc(NC(=O)C3CC4CCC3C4)c2)n1. The number of hydrogen-bond acceptors (Lipinski definition) is 4. The molecule has 1 aromatic heterocycles. The molecule has 2 aliphatic rings. The Bertz CT molecular complexity index is 829. The molecule has 1 aromatic carbocycles. The van der Waals surface area contributed by atoms with E-state index in [1.807, 2.05) is 24.3 Å². The average Bonchev–Trinajstić information content (AvgIpc) is 3.38. The highest BCUT2D eigenvalue weighted by Gasteiger charge is 2.43. The van der Waals surface area contributed by atoms with E-state index in [1.165, 1.54) is 19.3 Å². The van der Waals surface area contributed by atoms with Crippen LogP contribution in [0, 0.1) is 17.8 Å². The van der Waals surface area contributed by atoms with Crippen molar-refractivity contribution in [2.24, 2.45) is 17.8 Å². The number of carbonyl (C=O) groups is 2. The maximum Gasteiger partial charge on any atom is 0.358 e. The lowest BCUT2D eigenvalue weighted by Crippen LogP contribution is -2.27. The molecule has 0 aliphatic heterocycles. The van der Waals surface area contributed by atoms with Crippen LogP contribution in [0.15, 0.2) is 36.5 Å². The lowest BCUT2D eigenvalue weighted by molar-refractivity contribution is -0.121. The molecule has 2 aromatic rings. The number of hydrogen-bond donors (Lipinski definition) is 1. The summed E-state index contributed by atoms with van der Waals surface area (Å²) in [5.74, 6) is 1.14. The van der Waals surface area contributed by atoms with Gasteiger partial charge in [0.1, 0.15) is 0 Å². The molecule has 6 heteroatoms. The van der Waals surface area contributed by atoms with E-state index in [0.717, 1.165) is 23.7 Å². The molecular formula is C20H23N3O3. The highest BCUT2D eigenvalue weighted by Crippen LogP contribution is 2.48. The van der Waals surface area contributed by atoms with Crippen molar-refractivity contribution in [2.75, 3.05) is 11.9 Å². The zero-order chi connectivity index (χ0) is 18.1. The van der Waals surface area contributed by atoms with Crippen LogP contribution in [0.2, 0.25) is 0 Å². The maximum atomic E-state index is 12.6. The van der Waals surface area contributed by atoms with Gasteiger partial charge < -0.3 is 10.1 Å².